The predicted molar refractivity (Wildman–Crippen MR) is 251 cm³/mol. The van der Waals surface area contributed by atoms with Gasteiger partial charge in [-0.3, -0.25) is 49.0 Å². The van der Waals surface area contributed by atoms with Crippen molar-refractivity contribution < 1.29 is 52.5 Å². The Morgan fingerprint density at radius 3 is 1.46 bits per heavy atom. The van der Waals surface area contributed by atoms with Gasteiger partial charge in [0, 0.05) is 30.9 Å². The molecule has 370 valence electrons. The smallest absolute Gasteiger partial charge is 0.306 e. The summed E-state index contributed by atoms with van der Waals surface area (Å²) in [5.41, 5.74) is 0.00246. The second-order valence-corrected chi connectivity index (χ2v) is 18.7. The van der Waals surface area contributed by atoms with E-state index < -0.39 is 98.6 Å². The third-order valence-electron chi connectivity index (χ3n) is 13.5. The number of halogens is 2. The molecule has 0 bridgehead atoms. The fourth-order valence-corrected chi connectivity index (χ4v) is 9.82. The molecule has 69 heavy (non-hydrogen) atoms. The van der Waals surface area contributed by atoms with Gasteiger partial charge in [-0.25, -0.2) is 4.39 Å². The third-order valence-corrected chi connectivity index (χ3v) is 13.8. The average Bonchev–Trinajstić information content (AvgIpc) is 4.11. The molecule has 0 radical (unpaired) electrons. The summed E-state index contributed by atoms with van der Waals surface area (Å²) in [6.07, 6.45) is 1.93. The van der Waals surface area contributed by atoms with Crippen LogP contribution in [0.3, 0.4) is 0 Å². The molecule has 0 aliphatic carbocycles. The van der Waals surface area contributed by atoms with Crippen LogP contribution in [-0.2, 0) is 38.2 Å². The van der Waals surface area contributed by atoms with Crippen molar-refractivity contribution in [1.82, 2.24) is 9.80 Å². The summed E-state index contributed by atoms with van der Waals surface area (Å²) in [6, 6.07) is 9.46. The monoisotopic (exact) mass is 977 g/mol. The Hall–Kier alpha value is -6.70. The van der Waals surface area contributed by atoms with Gasteiger partial charge in [0.25, 0.3) is 11.4 Å². The van der Waals surface area contributed by atoms with Crippen molar-refractivity contribution in [3.63, 3.8) is 0 Å². The van der Waals surface area contributed by atoms with Crippen LogP contribution in [0.5, 0.6) is 0 Å². The summed E-state index contributed by atoms with van der Waals surface area (Å²) < 4.78 is 24.8. The Morgan fingerprint density at radius 2 is 1.10 bits per heavy atom. The van der Waals surface area contributed by atoms with Gasteiger partial charge in [-0.1, -0.05) is 51.4 Å². The van der Waals surface area contributed by atoms with E-state index in [4.69, 9.17) is 21.1 Å². The topological polar surface area (TPSA) is 241 Å². The van der Waals surface area contributed by atoms with E-state index in [1.807, 2.05) is 0 Å². The molecule has 0 saturated carbocycles. The summed E-state index contributed by atoms with van der Waals surface area (Å²) in [6.45, 7) is 7.67. The number of amides is 4. The second kappa shape index (κ2) is 22.2. The molecule has 3 aliphatic rings. The first kappa shape index (κ1) is 51.7. The van der Waals surface area contributed by atoms with Gasteiger partial charge in [0.05, 0.1) is 65.8 Å². The Labute approximate surface area is 403 Å². The van der Waals surface area contributed by atoms with Crippen LogP contribution in [0.1, 0.15) is 102 Å². The number of carbonyl (C=O) groups is 6. The number of anilines is 3. The molecule has 3 aromatic carbocycles. The molecule has 6 atom stereocenters. The van der Waals surface area contributed by atoms with Crippen molar-refractivity contribution in [2.45, 2.75) is 103 Å². The zero-order chi connectivity index (χ0) is 50.4. The molecule has 3 heterocycles. The largest absolute Gasteiger partial charge is 0.469 e. The first-order valence-electron chi connectivity index (χ1n) is 22.9. The number of methoxy groups -OCH3 is 2. The first-order chi connectivity index (χ1) is 32.7. The van der Waals surface area contributed by atoms with E-state index in [2.05, 4.69) is 10.6 Å². The maximum absolute atomic E-state index is 15.2. The van der Waals surface area contributed by atoms with Crippen LogP contribution in [0.15, 0.2) is 54.6 Å². The molecule has 3 saturated heterocycles. The van der Waals surface area contributed by atoms with E-state index in [0.29, 0.717) is 55.3 Å². The molecule has 21 heteroatoms. The minimum absolute atomic E-state index is 0.124. The highest BCUT2D eigenvalue weighted by atomic mass is 35.5. The van der Waals surface area contributed by atoms with E-state index in [1.54, 1.807) is 50.8 Å². The van der Waals surface area contributed by atoms with Gasteiger partial charge in [0.2, 0.25) is 23.6 Å². The Balaban J connectivity index is 1.27. The molecule has 6 rings (SSSR count). The lowest BCUT2D eigenvalue weighted by Crippen LogP contribution is -2.47. The number of likely N-dealkylation sites (tertiary alicyclic amines) is 2. The molecule has 3 aliphatic heterocycles. The Kier molecular flexibility index (Phi) is 16.6. The van der Waals surface area contributed by atoms with Crippen molar-refractivity contribution in [3.05, 3.63) is 96.8 Å². The molecular formula is C48H57ClFN7O12. The lowest BCUT2D eigenvalue weighted by Gasteiger charge is -2.33. The van der Waals surface area contributed by atoms with Crippen LogP contribution in [0.4, 0.5) is 32.8 Å². The molecule has 4 amide bonds. The maximum atomic E-state index is 15.2. The Morgan fingerprint density at radius 1 is 0.681 bits per heavy atom. The average molecular weight is 978 g/mol. The quantitative estimate of drug-likeness (QED) is 0.0743. The highest BCUT2D eigenvalue weighted by molar-refractivity contribution is 6.30. The van der Waals surface area contributed by atoms with E-state index in [9.17, 15) is 49.0 Å². The van der Waals surface area contributed by atoms with Gasteiger partial charge in [-0.15, -0.1) is 0 Å². The zero-order valence-electron chi connectivity index (χ0n) is 39.3. The van der Waals surface area contributed by atoms with Gasteiger partial charge in [0.1, 0.15) is 29.3 Å². The second-order valence-electron chi connectivity index (χ2n) is 18.3. The molecule has 3 fully saturated rings. The highest BCUT2D eigenvalue weighted by Gasteiger charge is 2.42. The van der Waals surface area contributed by atoms with E-state index in [0.717, 1.165) is 0 Å². The fourth-order valence-electron chi connectivity index (χ4n) is 9.70. The molecular weight excluding hydrogens is 921 g/mol. The molecule has 1 unspecified atom stereocenters. The number of esters is 2. The summed E-state index contributed by atoms with van der Waals surface area (Å²) in [5.74, 6) is -5.91. The Bertz CT molecular complexity index is 2360. The number of ether oxygens (including phenoxy) is 2. The number of nitrogens with zero attached hydrogens (tertiary/aromatic N) is 5. The molecule has 19 nitrogen and oxygen atoms in total. The van der Waals surface area contributed by atoms with Crippen LogP contribution < -0.4 is 15.5 Å². The van der Waals surface area contributed by atoms with Crippen LogP contribution >= 0.6 is 11.6 Å². The van der Waals surface area contributed by atoms with Gasteiger partial charge in [-0.2, -0.15) is 0 Å². The number of nitrogens with one attached hydrogen (secondary N) is 2. The summed E-state index contributed by atoms with van der Waals surface area (Å²) in [4.78, 5) is 108. The zero-order valence-corrected chi connectivity index (χ0v) is 40.0. The van der Waals surface area contributed by atoms with Gasteiger partial charge < -0.3 is 34.8 Å². The van der Waals surface area contributed by atoms with Gasteiger partial charge >= 0.3 is 11.9 Å². The van der Waals surface area contributed by atoms with E-state index >= 15 is 4.39 Å². The number of benzene rings is 3. The van der Waals surface area contributed by atoms with Crippen LogP contribution in [-0.4, -0.2) is 94.6 Å². The lowest BCUT2D eigenvalue weighted by atomic mass is 9.90. The molecule has 0 spiro atoms. The normalized spacial score (nSPS) is 19.9. The number of rotatable bonds is 17. The van der Waals surface area contributed by atoms with Crippen LogP contribution in [0.25, 0.3) is 0 Å². The standard InChI is InChI=1S/C48H57ClFN7O12/c1-26(2)31(24-43(58)68-5)47(62)53-19-7-9-39(53)45(60)51-35-15-11-28(21-41(35)56(64)65)37-17-18-38(55(37)30-13-14-33(49)34(50)23-30)29-12-16-36(42(22-29)57(66)67)52-46(61)40-10-8-20-54(40)48(63)32(27(3)4)25-44(59)69-6/h11-16,21-23,26-27,31-32,37-40H,7-10,17-20,24-25H2,1-6H3,(H,51,60)(H,52,61)/t31-,32-,37+,38+,39-,40?/m0/s1. The highest BCUT2D eigenvalue weighted by Crippen LogP contribution is 2.49. The molecule has 3 aromatic rings. The van der Waals surface area contributed by atoms with E-state index in [1.165, 1.54) is 60.4 Å². The van der Waals surface area contributed by atoms with E-state index in [-0.39, 0.29) is 54.2 Å². The number of nitro groups is 2. The minimum atomic E-state index is -0.950. The number of hydrogen-bond donors (Lipinski definition) is 2. The van der Waals surface area contributed by atoms with Crippen molar-refractivity contribution >= 4 is 75.6 Å². The predicted octanol–water partition coefficient (Wildman–Crippen LogP) is 7.91. The fraction of sp³-hybridized carbons (Fsp3) is 0.500. The minimum Gasteiger partial charge on any atom is -0.469 e. The lowest BCUT2D eigenvalue weighted by molar-refractivity contribution is -0.384. The molecule has 2 N–H and O–H groups in total. The van der Waals surface area contributed by atoms with Crippen LogP contribution in [0.2, 0.25) is 5.02 Å². The first-order valence-corrected chi connectivity index (χ1v) is 23.3. The summed E-state index contributed by atoms with van der Waals surface area (Å²) >= 11 is 6.09. The van der Waals surface area contributed by atoms with Gasteiger partial charge in [0.15, 0.2) is 0 Å². The number of nitro benzene ring substituents is 2. The third kappa shape index (κ3) is 11.4. The SMILES string of the molecule is COC(=O)C[C@H](C(=O)N1CCCC1C(=O)Nc1ccc([C@H]2CC[C@H](c3ccc(NC(=O)[C@@H]4CCCN4C(=O)[C@@H](CC(=O)OC)C(C)C)c([N+](=O)[O-])c3)N2c2ccc(Cl)c(F)c2)cc1[N+](=O)[O-])C(C)C. The number of carbonyl (C=O) groups excluding carboxylic acids is 6. The van der Waals surface area contributed by atoms with Gasteiger partial charge in [-0.05, 0) is 91.8 Å². The van der Waals surface area contributed by atoms with Crippen molar-refractivity contribution in [3.8, 4) is 0 Å². The maximum Gasteiger partial charge on any atom is 0.306 e. The summed E-state index contributed by atoms with van der Waals surface area (Å²) in [5, 5.41) is 30.5. The summed E-state index contributed by atoms with van der Waals surface area (Å²) in [7, 11) is 2.45. The van der Waals surface area contributed by atoms with Crippen molar-refractivity contribution in [2.75, 3.05) is 42.8 Å². The van der Waals surface area contributed by atoms with Crippen molar-refractivity contribution in [2.24, 2.45) is 23.7 Å². The number of hydrogen-bond acceptors (Lipinski definition) is 13. The van der Waals surface area contributed by atoms with Crippen LogP contribution in [0, 0.1) is 49.7 Å². The van der Waals surface area contributed by atoms with Crippen molar-refractivity contribution in [1.29, 1.82) is 0 Å². The molecule has 0 aromatic heterocycles.